The van der Waals surface area contributed by atoms with E-state index in [-0.39, 0.29) is 5.04 Å². The van der Waals surface area contributed by atoms with E-state index < -0.39 is 11.0 Å². The lowest BCUT2D eigenvalue weighted by Crippen LogP contribution is -2.53. The van der Waals surface area contributed by atoms with Crippen molar-refractivity contribution in [2.45, 2.75) is 11.9 Å². The quantitative estimate of drug-likeness (QED) is 0.485. The summed E-state index contributed by atoms with van der Waals surface area (Å²) in [5, 5.41) is 14.2. The van der Waals surface area contributed by atoms with Crippen molar-refractivity contribution < 1.29 is 9.53 Å². The summed E-state index contributed by atoms with van der Waals surface area (Å²) in [6.07, 6.45) is 0. The van der Waals surface area contributed by atoms with Crippen LogP contribution in [-0.2, 0) is 14.5 Å². The Morgan fingerprint density at radius 2 is 1.62 bits per heavy atom. The minimum absolute atomic E-state index is 0.234. The van der Waals surface area contributed by atoms with Crippen molar-refractivity contribution in [3.8, 4) is 0 Å². The maximum Gasteiger partial charge on any atom is 0.365 e. The Bertz CT molecular complexity index is 1260. The Balaban J connectivity index is 1.81. The average molecular weight is 463 g/mol. The molecule has 32 heavy (non-hydrogen) atoms. The van der Waals surface area contributed by atoms with Crippen LogP contribution in [0.4, 0.5) is 11.4 Å². The Morgan fingerprint density at radius 3 is 2.38 bits per heavy atom. The van der Waals surface area contributed by atoms with Crippen LogP contribution in [-0.4, -0.2) is 23.8 Å². The summed E-state index contributed by atoms with van der Waals surface area (Å²) in [4.78, 5) is 11.6. The number of para-hydroxylation sites is 1. The number of fused-ring (bicyclic) bond motifs is 2. The van der Waals surface area contributed by atoms with Gasteiger partial charge in [0.15, 0.2) is 0 Å². The Morgan fingerprint density at radius 1 is 0.938 bits per heavy atom. The molecule has 0 fully saturated rings. The molecule has 1 spiro atoms. The average Bonchev–Trinajstić information content (AvgIpc) is 3.23. The van der Waals surface area contributed by atoms with Gasteiger partial charge >= 0.3 is 5.97 Å². The van der Waals surface area contributed by atoms with Crippen LogP contribution in [0.5, 0.6) is 0 Å². The van der Waals surface area contributed by atoms with E-state index in [1.54, 1.807) is 11.1 Å². The van der Waals surface area contributed by atoms with Gasteiger partial charge in [0.05, 0.1) is 24.2 Å². The number of hydrogen-bond donors (Lipinski definition) is 0. The highest BCUT2D eigenvalue weighted by Crippen LogP contribution is 2.54. The van der Waals surface area contributed by atoms with Gasteiger partial charge in [-0.2, -0.15) is 10.2 Å². The zero-order valence-corrected chi connectivity index (χ0v) is 19.0. The Kier molecular flexibility index (Phi) is 5.15. The molecule has 0 amide bonds. The third kappa shape index (κ3) is 3.16. The standard InChI is InChI=1S/C24H19ClN4O2S/c1-16-20-13-6-7-14-21(20)24(28(26-16)18-10-4-3-5-11-18)29(19-12-8-9-17(25)15-19)27-22(32-24)23(30)31-2/h3-15H,1-2H3. The van der Waals surface area contributed by atoms with Crippen LogP contribution in [0.1, 0.15) is 18.1 Å². The van der Waals surface area contributed by atoms with E-state index in [2.05, 4.69) is 0 Å². The fourth-order valence-corrected chi connectivity index (χ4v) is 5.44. The first kappa shape index (κ1) is 20.6. The van der Waals surface area contributed by atoms with E-state index in [1.165, 1.54) is 18.9 Å². The van der Waals surface area contributed by atoms with Crippen molar-refractivity contribution in [1.29, 1.82) is 0 Å². The molecule has 1 unspecified atom stereocenters. The lowest BCUT2D eigenvalue weighted by Gasteiger charge is -2.46. The second-order valence-corrected chi connectivity index (χ2v) is 8.87. The van der Waals surface area contributed by atoms with E-state index >= 15 is 0 Å². The number of ether oxygens (including phenoxy) is 1. The van der Waals surface area contributed by atoms with Gasteiger partial charge in [-0.05, 0) is 49.0 Å². The zero-order valence-electron chi connectivity index (χ0n) is 17.4. The van der Waals surface area contributed by atoms with Gasteiger partial charge < -0.3 is 4.74 Å². The summed E-state index contributed by atoms with van der Waals surface area (Å²) in [6, 6.07) is 25.3. The van der Waals surface area contributed by atoms with Gasteiger partial charge in [-0.25, -0.2) is 14.8 Å². The third-order valence-corrected chi connectivity index (χ3v) is 6.86. The molecule has 1 atom stereocenters. The van der Waals surface area contributed by atoms with Gasteiger partial charge in [-0.15, -0.1) is 0 Å². The second kappa shape index (κ2) is 8.00. The van der Waals surface area contributed by atoms with Gasteiger partial charge in [-0.1, -0.05) is 60.1 Å². The molecule has 6 nitrogen and oxygen atoms in total. The van der Waals surface area contributed by atoms with E-state index in [1.807, 2.05) is 84.7 Å². The molecule has 2 heterocycles. The summed E-state index contributed by atoms with van der Waals surface area (Å²) in [7, 11) is 1.35. The van der Waals surface area contributed by atoms with E-state index in [0.29, 0.717) is 5.02 Å². The molecule has 0 saturated heterocycles. The SMILES string of the molecule is COC(=O)C1=NN(c2cccc(Cl)c2)C2(S1)c1ccccc1C(C)=NN2c1ccccc1. The normalized spacial score (nSPS) is 19.5. The number of hydrazone groups is 2. The van der Waals surface area contributed by atoms with E-state index in [0.717, 1.165) is 28.2 Å². The molecular formula is C24H19ClN4O2S. The summed E-state index contributed by atoms with van der Waals surface area (Å²) in [5.74, 6) is -0.504. The maximum atomic E-state index is 12.6. The first-order chi connectivity index (χ1) is 15.5. The molecule has 0 aliphatic carbocycles. The summed E-state index contributed by atoms with van der Waals surface area (Å²) < 4.78 is 5.03. The number of thioether (sulfide) groups is 1. The molecule has 0 bridgehead atoms. The molecule has 0 aromatic heterocycles. The first-order valence-corrected chi connectivity index (χ1v) is 11.2. The smallest absolute Gasteiger partial charge is 0.365 e. The largest absolute Gasteiger partial charge is 0.464 e. The second-order valence-electron chi connectivity index (χ2n) is 7.28. The van der Waals surface area contributed by atoms with Crippen molar-refractivity contribution in [2.24, 2.45) is 10.2 Å². The van der Waals surface area contributed by atoms with Crippen molar-refractivity contribution in [1.82, 2.24) is 0 Å². The predicted octanol–water partition coefficient (Wildman–Crippen LogP) is 5.43. The summed E-state index contributed by atoms with van der Waals surface area (Å²) in [5.41, 5.74) is 4.41. The van der Waals surface area contributed by atoms with Crippen LogP contribution < -0.4 is 10.0 Å². The minimum atomic E-state index is -0.994. The number of carbonyl (C=O) groups is 1. The molecule has 2 aliphatic heterocycles. The Hall–Kier alpha value is -3.29. The van der Waals surface area contributed by atoms with E-state index in [9.17, 15) is 4.79 Å². The summed E-state index contributed by atoms with van der Waals surface area (Å²) in [6.45, 7) is 1.98. The van der Waals surface area contributed by atoms with Crippen LogP contribution in [0.15, 0.2) is 89.1 Å². The van der Waals surface area contributed by atoms with Gasteiger partial charge in [-0.3, -0.25) is 0 Å². The number of hydrogen-bond acceptors (Lipinski definition) is 7. The van der Waals surface area contributed by atoms with Crippen LogP contribution in [0, 0.1) is 0 Å². The molecule has 3 aromatic carbocycles. The minimum Gasteiger partial charge on any atom is -0.464 e. The van der Waals surface area contributed by atoms with Crippen LogP contribution >= 0.6 is 23.4 Å². The molecule has 5 rings (SSSR count). The lowest BCUT2D eigenvalue weighted by atomic mass is 9.98. The highest BCUT2D eigenvalue weighted by Gasteiger charge is 2.56. The van der Waals surface area contributed by atoms with Gasteiger partial charge in [0.1, 0.15) is 0 Å². The topological polar surface area (TPSA) is 57.5 Å². The van der Waals surface area contributed by atoms with Crippen molar-refractivity contribution in [3.05, 3.63) is 95.0 Å². The van der Waals surface area contributed by atoms with Crippen LogP contribution in [0.25, 0.3) is 0 Å². The van der Waals surface area contributed by atoms with Crippen molar-refractivity contribution >= 4 is 51.5 Å². The van der Waals surface area contributed by atoms with Crippen molar-refractivity contribution in [3.63, 3.8) is 0 Å². The summed E-state index contributed by atoms with van der Waals surface area (Å²) >= 11 is 7.64. The van der Waals surface area contributed by atoms with Crippen LogP contribution in [0.3, 0.4) is 0 Å². The number of anilines is 2. The number of rotatable bonds is 3. The molecule has 2 aliphatic rings. The third-order valence-electron chi connectivity index (χ3n) is 5.34. The fourth-order valence-electron chi connectivity index (χ4n) is 3.94. The number of nitrogens with zero attached hydrogens (tertiary/aromatic N) is 4. The number of esters is 1. The Labute approximate surface area is 195 Å². The van der Waals surface area contributed by atoms with Gasteiger partial charge in [0, 0.05) is 16.1 Å². The monoisotopic (exact) mass is 462 g/mol. The zero-order chi connectivity index (χ0) is 22.3. The molecule has 3 aromatic rings. The van der Waals surface area contributed by atoms with E-state index in [4.69, 9.17) is 26.5 Å². The highest BCUT2D eigenvalue weighted by atomic mass is 35.5. The molecule has 0 radical (unpaired) electrons. The molecular weight excluding hydrogens is 444 g/mol. The lowest BCUT2D eigenvalue weighted by molar-refractivity contribution is -0.132. The molecule has 0 N–H and O–H groups in total. The molecule has 0 saturated carbocycles. The van der Waals surface area contributed by atoms with Crippen LogP contribution in [0.2, 0.25) is 5.02 Å². The number of methoxy groups -OCH3 is 1. The fraction of sp³-hybridized carbons (Fsp3) is 0.125. The van der Waals surface area contributed by atoms with Gasteiger partial charge in [0.2, 0.25) is 10.0 Å². The highest BCUT2D eigenvalue weighted by molar-refractivity contribution is 8.16. The van der Waals surface area contributed by atoms with Crippen molar-refractivity contribution in [2.75, 3.05) is 17.1 Å². The number of benzene rings is 3. The molecule has 160 valence electrons. The number of carbonyl (C=O) groups excluding carboxylic acids is 1. The molecule has 8 heteroatoms. The van der Waals surface area contributed by atoms with Gasteiger partial charge in [0.25, 0.3) is 0 Å². The maximum absolute atomic E-state index is 12.6. The number of halogens is 1. The first-order valence-electron chi connectivity index (χ1n) is 9.96. The predicted molar refractivity (Wildman–Crippen MR) is 130 cm³/mol.